The lowest BCUT2D eigenvalue weighted by molar-refractivity contribution is -0.134. The summed E-state index contributed by atoms with van der Waals surface area (Å²) >= 11 is 1.69. The van der Waals surface area contributed by atoms with Crippen molar-refractivity contribution < 1.29 is 19.1 Å². The van der Waals surface area contributed by atoms with E-state index in [0.29, 0.717) is 48.2 Å². The molecule has 2 fully saturated rings. The number of amides is 3. The number of piperidine rings is 1. The largest absolute Gasteiger partial charge is 0.482 e. The van der Waals surface area contributed by atoms with Gasteiger partial charge in [0.05, 0.1) is 11.4 Å². The van der Waals surface area contributed by atoms with Crippen LogP contribution >= 0.6 is 11.3 Å². The summed E-state index contributed by atoms with van der Waals surface area (Å²) in [6, 6.07) is 24.9. The third kappa shape index (κ3) is 7.03. The second kappa shape index (κ2) is 14.7. The summed E-state index contributed by atoms with van der Waals surface area (Å²) in [5, 5.41) is 5.06. The second-order valence-corrected chi connectivity index (χ2v) is 13.9. The highest BCUT2D eigenvalue weighted by Gasteiger charge is 2.29. The molecule has 7 rings (SSSR count). The van der Waals surface area contributed by atoms with Crippen LogP contribution < -0.4 is 15.0 Å². The van der Waals surface area contributed by atoms with E-state index in [1.807, 2.05) is 69.8 Å². The van der Waals surface area contributed by atoms with Crippen molar-refractivity contribution in [3.63, 3.8) is 0 Å². The molecule has 4 heterocycles. The molecule has 0 radical (unpaired) electrons. The highest BCUT2D eigenvalue weighted by Crippen LogP contribution is 2.34. The van der Waals surface area contributed by atoms with Crippen LogP contribution in [-0.2, 0) is 11.2 Å². The molecule has 0 unspecified atom stereocenters. The van der Waals surface area contributed by atoms with Gasteiger partial charge in [-0.3, -0.25) is 14.4 Å². The van der Waals surface area contributed by atoms with E-state index in [1.54, 1.807) is 35.6 Å². The molecule has 9 heteroatoms. The van der Waals surface area contributed by atoms with Crippen molar-refractivity contribution in [3.05, 3.63) is 100 Å². The van der Waals surface area contributed by atoms with Crippen LogP contribution in [-0.4, -0.2) is 72.9 Å². The van der Waals surface area contributed by atoms with Gasteiger partial charge in [-0.2, -0.15) is 0 Å². The average Bonchev–Trinajstić information content (AvgIpc) is 3.81. The first-order chi connectivity index (χ1) is 23.5. The Hall–Kier alpha value is -4.47. The fourth-order valence-electron chi connectivity index (χ4n) is 7.24. The molecule has 0 bridgehead atoms. The Kier molecular flexibility index (Phi) is 9.86. The Labute approximate surface area is 286 Å². The van der Waals surface area contributed by atoms with E-state index in [1.165, 1.54) is 17.7 Å². The number of hydrogen-bond acceptors (Lipinski definition) is 6. The maximum atomic E-state index is 14.0. The highest BCUT2D eigenvalue weighted by atomic mass is 32.1. The smallest absolute Gasteiger partial charge is 0.260 e. The SMILES string of the molecule is O=C(Nc1ccc(C(=O)N2CCCCc3sccc32)cc1OCC(=O)N1CCC(N2CCCC2)CC1)c1ccccc1-c1ccccc1. The molecule has 3 aliphatic heterocycles. The van der Waals surface area contributed by atoms with Gasteiger partial charge in [0.25, 0.3) is 17.7 Å². The number of likely N-dealkylation sites (tertiary alicyclic amines) is 2. The Morgan fingerprint density at radius 1 is 0.812 bits per heavy atom. The summed E-state index contributed by atoms with van der Waals surface area (Å²) in [6.45, 7) is 4.20. The topological polar surface area (TPSA) is 82.2 Å². The normalized spacial score (nSPS) is 17.1. The van der Waals surface area contributed by atoms with Crippen molar-refractivity contribution in [2.24, 2.45) is 0 Å². The lowest BCUT2D eigenvalue weighted by Gasteiger charge is -2.36. The number of benzene rings is 3. The third-order valence-electron chi connectivity index (χ3n) is 9.85. The molecule has 1 aromatic heterocycles. The minimum Gasteiger partial charge on any atom is -0.482 e. The number of fused-ring (bicyclic) bond motifs is 1. The number of nitrogens with one attached hydrogen (secondary N) is 1. The third-order valence-corrected chi connectivity index (χ3v) is 10.8. The second-order valence-electron chi connectivity index (χ2n) is 12.9. The summed E-state index contributed by atoms with van der Waals surface area (Å²) in [5.74, 6) is -0.214. The number of carbonyl (C=O) groups excluding carboxylic acids is 3. The lowest BCUT2D eigenvalue weighted by atomic mass is 9.99. The molecule has 48 heavy (non-hydrogen) atoms. The molecule has 3 aliphatic rings. The van der Waals surface area contributed by atoms with Crippen LogP contribution in [0.25, 0.3) is 11.1 Å². The maximum Gasteiger partial charge on any atom is 0.260 e. The number of rotatable bonds is 8. The van der Waals surface area contributed by atoms with E-state index in [9.17, 15) is 14.4 Å². The molecule has 248 valence electrons. The van der Waals surface area contributed by atoms with Gasteiger partial charge in [-0.1, -0.05) is 48.5 Å². The van der Waals surface area contributed by atoms with Gasteiger partial charge in [0.1, 0.15) is 5.75 Å². The first-order valence-electron chi connectivity index (χ1n) is 17.2. The summed E-state index contributed by atoms with van der Waals surface area (Å²) in [4.78, 5) is 48.6. The monoisotopic (exact) mass is 662 g/mol. The highest BCUT2D eigenvalue weighted by molar-refractivity contribution is 7.10. The van der Waals surface area contributed by atoms with E-state index >= 15 is 0 Å². The zero-order valence-corrected chi connectivity index (χ0v) is 28.1. The van der Waals surface area contributed by atoms with Crippen molar-refractivity contribution in [1.29, 1.82) is 0 Å². The lowest BCUT2D eigenvalue weighted by Crippen LogP contribution is -2.47. The molecule has 3 amide bonds. The molecule has 0 atom stereocenters. The van der Waals surface area contributed by atoms with Gasteiger partial charge in [0, 0.05) is 41.7 Å². The Morgan fingerprint density at radius 2 is 1.56 bits per heavy atom. The first-order valence-corrected chi connectivity index (χ1v) is 18.1. The van der Waals surface area contributed by atoms with E-state index in [-0.39, 0.29) is 24.3 Å². The predicted octanol–water partition coefficient (Wildman–Crippen LogP) is 7.12. The minimum atomic E-state index is -0.302. The van der Waals surface area contributed by atoms with Gasteiger partial charge < -0.3 is 24.8 Å². The van der Waals surface area contributed by atoms with Crippen molar-refractivity contribution in [2.75, 3.05) is 49.5 Å². The van der Waals surface area contributed by atoms with Crippen LogP contribution in [0.4, 0.5) is 11.4 Å². The average molecular weight is 663 g/mol. The van der Waals surface area contributed by atoms with E-state index < -0.39 is 0 Å². The number of thiophene rings is 1. The van der Waals surface area contributed by atoms with Crippen LogP contribution in [0, 0.1) is 0 Å². The first kappa shape index (κ1) is 32.1. The molecule has 0 spiro atoms. The van der Waals surface area contributed by atoms with Crippen molar-refractivity contribution in [2.45, 2.75) is 51.0 Å². The standard InChI is InChI=1S/C39H42N4O4S/c44-37(42-23-17-30(18-24-42)41-20-8-9-21-41)27-47-35-26-29(39(46)43-22-7-6-14-36-34(43)19-25-48-36)15-16-33(35)40-38(45)32-13-5-4-12-31(32)28-10-2-1-3-11-28/h1-5,10-13,15-16,19,25-26,30H,6-9,14,17-18,20-24,27H2,(H,40,45). The van der Waals surface area contributed by atoms with Gasteiger partial charge in [-0.15, -0.1) is 11.3 Å². The molecule has 2 saturated heterocycles. The van der Waals surface area contributed by atoms with Crippen molar-refractivity contribution >= 4 is 40.4 Å². The van der Waals surface area contributed by atoms with Crippen LogP contribution in [0.2, 0.25) is 0 Å². The van der Waals surface area contributed by atoms with Crippen LogP contribution in [0.1, 0.15) is 64.1 Å². The molecular formula is C39H42N4O4S. The number of hydrogen-bond donors (Lipinski definition) is 1. The van der Waals surface area contributed by atoms with E-state index in [4.69, 9.17) is 4.74 Å². The molecule has 3 aromatic carbocycles. The van der Waals surface area contributed by atoms with Crippen LogP contribution in [0.15, 0.2) is 84.2 Å². The zero-order valence-electron chi connectivity index (χ0n) is 27.2. The Balaban J connectivity index is 1.12. The van der Waals surface area contributed by atoms with Gasteiger partial charge in [0.2, 0.25) is 0 Å². The molecule has 4 aromatic rings. The Bertz CT molecular complexity index is 1760. The van der Waals surface area contributed by atoms with E-state index in [0.717, 1.165) is 62.0 Å². The van der Waals surface area contributed by atoms with Gasteiger partial charge >= 0.3 is 0 Å². The molecule has 1 N–H and O–H groups in total. The van der Waals surface area contributed by atoms with Crippen molar-refractivity contribution in [1.82, 2.24) is 9.80 Å². The predicted molar refractivity (Wildman–Crippen MR) is 191 cm³/mol. The summed E-state index contributed by atoms with van der Waals surface area (Å²) < 4.78 is 6.20. The fraction of sp³-hybridized carbons (Fsp3) is 0.359. The maximum absolute atomic E-state index is 14.0. The van der Waals surface area contributed by atoms with Crippen LogP contribution in [0.5, 0.6) is 5.75 Å². The number of ether oxygens (including phenoxy) is 1. The zero-order chi connectivity index (χ0) is 32.9. The number of carbonyl (C=O) groups is 3. The molecule has 0 saturated carbocycles. The number of nitrogens with zero attached hydrogens (tertiary/aromatic N) is 3. The van der Waals surface area contributed by atoms with E-state index in [2.05, 4.69) is 10.2 Å². The quantitative estimate of drug-likeness (QED) is 0.217. The summed E-state index contributed by atoms with van der Waals surface area (Å²) in [5.41, 5.74) is 4.08. The number of aryl methyl sites for hydroxylation is 1. The fourth-order valence-corrected chi connectivity index (χ4v) is 8.16. The minimum absolute atomic E-state index is 0.0891. The molecule has 8 nitrogen and oxygen atoms in total. The van der Waals surface area contributed by atoms with Gasteiger partial charge in [-0.05, 0) is 105 Å². The summed E-state index contributed by atoms with van der Waals surface area (Å²) in [7, 11) is 0. The molecule has 0 aliphatic carbocycles. The van der Waals surface area contributed by atoms with Gasteiger partial charge in [0.15, 0.2) is 6.61 Å². The van der Waals surface area contributed by atoms with Gasteiger partial charge in [-0.25, -0.2) is 0 Å². The van der Waals surface area contributed by atoms with Crippen molar-refractivity contribution in [3.8, 4) is 16.9 Å². The molecular weight excluding hydrogens is 621 g/mol. The van der Waals surface area contributed by atoms with Crippen LogP contribution in [0.3, 0.4) is 0 Å². The number of anilines is 2. The Morgan fingerprint density at radius 3 is 2.38 bits per heavy atom. The summed E-state index contributed by atoms with van der Waals surface area (Å²) in [6.07, 6.45) is 7.40.